The van der Waals surface area contributed by atoms with Crippen molar-refractivity contribution in [3.8, 4) is 10.7 Å². The van der Waals surface area contributed by atoms with Crippen molar-refractivity contribution in [3.05, 3.63) is 39.8 Å². The highest BCUT2D eigenvalue weighted by Gasteiger charge is 2.26. The number of carbonyl (C=O) groups excluding carboxylic acids is 2. The molecule has 1 aliphatic heterocycles. The molecule has 2 N–H and O–H groups in total. The van der Waals surface area contributed by atoms with Gasteiger partial charge in [0.05, 0.1) is 42.9 Å². The zero-order valence-electron chi connectivity index (χ0n) is 16.3. The number of nitrogens with zero attached hydrogens (tertiary/aromatic N) is 4. The summed E-state index contributed by atoms with van der Waals surface area (Å²) >= 11 is 1.46. The Morgan fingerprint density at radius 3 is 3.00 bits per heavy atom. The molecule has 0 aromatic carbocycles. The number of thiazole rings is 1. The third kappa shape index (κ3) is 3.93. The molecular formula is C19H22N6O3S. The number of nitrogens with one attached hydrogen (secondary N) is 2. The van der Waals surface area contributed by atoms with E-state index in [1.807, 2.05) is 17.7 Å². The molecule has 0 unspecified atom stereocenters. The molecule has 3 aromatic rings. The van der Waals surface area contributed by atoms with Crippen LogP contribution in [-0.2, 0) is 35.5 Å². The Kier molecular flexibility index (Phi) is 5.43. The van der Waals surface area contributed by atoms with Gasteiger partial charge in [0, 0.05) is 17.6 Å². The van der Waals surface area contributed by atoms with Crippen LogP contribution >= 0.6 is 11.3 Å². The summed E-state index contributed by atoms with van der Waals surface area (Å²) in [7, 11) is 1.36. The van der Waals surface area contributed by atoms with E-state index in [0.717, 1.165) is 52.8 Å². The Balaban J connectivity index is 1.45. The number of H-pyrrole nitrogens is 1. The van der Waals surface area contributed by atoms with Crippen LogP contribution in [0.1, 0.15) is 45.2 Å². The van der Waals surface area contributed by atoms with Crippen LogP contribution < -0.4 is 5.32 Å². The lowest BCUT2D eigenvalue weighted by molar-refractivity contribution is -0.120. The lowest BCUT2D eigenvalue weighted by Gasteiger charge is -2.13. The van der Waals surface area contributed by atoms with Gasteiger partial charge in [-0.1, -0.05) is 0 Å². The number of aromatic nitrogens is 5. The first kappa shape index (κ1) is 19.3. The van der Waals surface area contributed by atoms with Gasteiger partial charge in [-0.2, -0.15) is 10.2 Å². The Bertz CT molecular complexity index is 1040. The number of hydrogen-bond acceptors (Lipinski definition) is 7. The molecule has 4 rings (SSSR count). The normalized spacial score (nSPS) is 13.2. The number of aryl methyl sites for hydroxylation is 2. The van der Waals surface area contributed by atoms with E-state index in [-0.39, 0.29) is 18.9 Å². The SMILES string of the molecule is COC(=O)c1c(CNC(=O)Cc2sc(-c3ccn[nH]3)nc2C)nn2c1CCCC2. The van der Waals surface area contributed by atoms with Gasteiger partial charge in [0.1, 0.15) is 10.6 Å². The molecule has 0 spiro atoms. The van der Waals surface area contributed by atoms with Crippen LogP contribution in [0.2, 0.25) is 0 Å². The predicted molar refractivity (Wildman–Crippen MR) is 106 cm³/mol. The van der Waals surface area contributed by atoms with Crippen molar-refractivity contribution in [2.75, 3.05) is 7.11 Å². The summed E-state index contributed by atoms with van der Waals surface area (Å²) in [5.74, 6) is -0.547. The van der Waals surface area contributed by atoms with Gasteiger partial charge in [0.25, 0.3) is 0 Å². The van der Waals surface area contributed by atoms with E-state index < -0.39 is 5.97 Å². The molecule has 0 fully saturated rings. The molecule has 3 aromatic heterocycles. The Morgan fingerprint density at radius 2 is 2.24 bits per heavy atom. The molecule has 0 aliphatic carbocycles. The zero-order valence-corrected chi connectivity index (χ0v) is 17.1. The van der Waals surface area contributed by atoms with Crippen LogP contribution in [0.5, 0.6) is 0 Å². The molecule has 152 valence electrons. The predicted octanol–water partition coefficient (Wildman–Crippen LogP) is 2.02. The quantitative estimate of drug-likeness (QED) is 0.597. The van der Waals surface area contributed by atoms with Crippen molar-refractivity contribution in [1.29, 1.82) is 0 Å². The monoisotopic (exact) mass is 414 g/mol. The largest absolute Gasteiger partial charge is 0.465 e. The van der Waals surface area contributed by atoms with E-state index in [1.165, 1.54) is 18.4 Å². The van der Waals surface area contributed by atoms with Gasteiger partial charge in [-0.25, -0.2) is 9.78 Å². The van der Waals surface area contributed by atoms with Gasteiger partial charge in [-0.05, 0) is 32.3 Å². The molecule has 9 nitrogen and oxygen atoms in total. The summed E-state index contributed by atoms with van der Waals surface area (Å²) in [5, 5.41) is 15.0. The Morgan fingerprint density at radius 1 is 1.38 bits per heavy atom. The smallest absolute Gasteiger partial charge is 0.341 e. The molecule has 0 atom stereocenters. The summed E-state index contributed by atoms with van der Waals surface area (Å²) in [4.78, 5) is 30.2. The highest BCUT2D eigenvalue weighted by Crippen LogP contribution is 2.27. The first-order valence-electron chi connectivity index (χ1n) is 9.46. The molecule has 0 saturated carbocycles. The van der Waals surface area contributed by atoms with Gasteiger partial charge in [0.15, 0.2) is 0 Å². The summed E-state index contributed by atoms with van der Waals surface area (Å²) < 4.78 is 6.80. The number of ether oxygens (including phenoxy) is 1. The van der Waals surface area contributed by atoms with Crippen LogP contribution in [-0.4, -0.2) is 43.9 Å². The number of esters is 1. The number of amides is 1. The maximum Gasteiger partial charge on any atom is 0.341 e. The number of fused-ring (bicyclic) bond motifs is 1. The zero-order chi connectivity index (χ0) is 20.4. The van der Waals surface area contributed by atoms with E-state index in [4.69, 9.17) is 4.74 Å². The fourth-order valence-electron chi connectivity index (χ4n) is 3.48. The third-order valence-electron chi connectivity index (χ3n) is 4.95. The van der Waals surface area contributed by atoms with Crippen LogP contribution in [0.15, 0.2) is 12.3 Å². The number of methoxy groups -OCH3 is 1. The van der Waals surface area contributed by atoms with Crippen molar-refractivity contribution >= 4 is 23.2 Å². The number of aromatic amines is 1. The minimum Gasteiger partial charge on any atom is -0.465 e. The number of hydrogen-bond donors (Lipinski definition) is 2. The maximum absolute atomic E-state index is 12.5. The van der Waals surface area contributed by atoms with Crippen molar-refractivity contribution in [3.63, 3.8) is 0 Å². The maximum atomic E-state index is 12.5. The van der Waals surface area contributed by atoms with E-state index >= 15 is 0 Å². The molecule has 0 saturated heterocycles. The lowest BCUT2D eigenvalue weighted by Crippen LogP contribution is -2.25. The molecule has 0 bridgehead atoms. The van der Waals surface area contributed by atoms with Gasteiger partial charge < -0.3 is 10.1 Å². The van der Waals surface area contributed by atoms with Crippen molar-refractivity contribution in [2.24, 2.45) is 0 Å². The van der Waals surface area contributed by atoms with Gasteiger partial charge in [-0.3, -0.25) is 14.6 Å². The Labute approximate surface area is 171 Å². The van der Waals surface area contributed by atoms with Crippen molar-refractivity contribution in [2.45, 2.75) is 45.7 Å². The molecule has 1 aliphatic rings. The molecule has 10 heteroatoms. The fourth-order valence-corrected chi connectivity index (χ4v) is 4.52. The second kappa shape index (κ2) is 8.16. The molecule has 29 heavy (non-hydrogen) atoms. The second-order valence-electron chi connectivity index (χ2n) is 6.89. The number of carbonyl (C=O) groups is 2. The van der Waals surface area contributed by atoms with E-state index in [1.54, 1.807) is 6.20 Å². The highest BCUT2D eigenvalue weighted by molar-refractivity contribution is 7.15. The third-order valence-corrected chi connectivity index (χ3v) is 6.14. The van der Waals surface area contributed by atoms with Crippen LogP contribution in [0.4, 0.5) is 0 Å². The summed E-state index contributed by atoms with van der Waals surface area (Å²) in [5.41, 5.74) is 3.60. The average molecular weight is 414 g/mol. The van der Waals surface area contributed by atoms with Crippen molar-refractivity contribution < 1.29 is 14.3 Å². The standard InChI is InChI=1S/C19H22N6O3S/c1-11-15(29-18(22-11)12-6-7-21-23-12)9-16(26)20-10-13-17(19(27)28-2)14-5-3-4-8-25(14)24-13/h6-7H,3-5,8-10H2,1-2H3,(H,20,26)(H,21,23). The number of rotatable bonds is 6. The summed E-state index contributed by atoms with van der Waals surface area (Å²) in [6, 6.07) is 1.84. The van der Waals surface area contributed by atoms with E-state index in [9.17, 15) is 9.59 Å². The highest BCUT2D eigenvalue weighted by atomic mass is 32.1. The van der Waals surface area contributed by atoms with Gasteiger partial charge in [0.2, 0.25) is 5.91 Å². The first-order chi connectivity index (χ1) is 14.1. The van der Waals surface area contributed by atoms with Gasteiger partial charge >= 0.3 is 5.97 Å². The minimum absolute atomic E-state index is 0.144. The topological polar surface area (TPSA) is 115 Å². The fraction of sp³-hybridized carbons (Fsp3) is 0.421. The van der Waals surface area contributed by atoms with Crippen LogP contribution in [0, 0.1) is 6.92 Å². The minimum atomic E-state index is -0.403. The average Bonchev–Trinajstić information content (AvgIpc) is 3.44. The molecular weight excluding hydrogens is 392 g/mol. The first-order valence-corrected chi connectivity index (χ1v) is 10.3. The van der Waals surface area contributed by atoms with Crippen LogP contribution in [0.3, 0.4) is 0 Å². The molecule has 4 heterocycles. The molecule has 0 radical (unpaired) electrons. The second-order valence-corrected chi connectivity index (χ2v) is 7.98. The van der Waals surface area contributed by atoms with Crippen molar-refractivity contribution in [1.82, 2.24) is 30.3 Å². The van der Waals surface area contributed by atoms with E-state index in [2.05, 4.69) is 25.6 Å². The summed E-state index contributed by atoms with van der Waals surface area (Å²) in [6.07, 6.45) is 4.73. The summed E-state index contributed by atoms with van der Waals surface area (Å²) in [6.45, 7) is 2.86. The Hall–Kier alpha value is -3.01. The lowest BCUT2D eigenvalue weighted by atomic mass is 10.0. The van der Waals surface area contributed by atoms with Crippen LogP contribution in [0.25, 0.3) is 10.7 Å². The van der Waals surface area contributed by atoms with E-state index in [0.29, 0.717) is 11.3 Å². The van der Waals surface area contributed by atoms with Gasteiger partial charge in [-0.15, -0.1) is 11.3 Å². The molecule has 1 amide bonds.